The third kappa shape index (κ3) is 5.51. The molecule has 0 aliphatic carbocycles. The fourth-order valence-electron chi connectivity index (χ4n) is 2.44. The molecule has 0 spiro atoms. The Kier molecular flexibility index (Phi) is 7.02. The van der Waals surface area contributed by atoms with Crippen molar-refractivity contribution in [3.63, 3.8) is 0 Å². The van der Waals surface area contributed by atoms with Crippen molar-refractivity contribution in [1.29, 1.82) is 0 Å². The minimum atomic E-state index is -0.542. The summed E-state index contributed by atoms with van der Waals surface area (Å²) in [5.74, 6) is 0.675. The normalized spacial score (nSPS) is 10.1. The van der Waals surface area contributed by atoms with Gasteiger partial charge in [-0.05, 0) is 49.7 Å². The van der Waals surface area contributed by atoms with Gasteiger partial charge in [0.1, 0.15) is 5.75 Å². The fraction of sp³-hybridized carbons (Fsp3) is 0.300. The van der Waals surface area contributed by atoms with Crippen LogP contribution in [-0.2, 0) is 11.3 Å². The Hall–Kier alpha value is -3.02. The maximum absolute atomic E-state index is 12.6. The minimum Gasteiger partial charge on any atom is -0.494 e. The van der Waals surface area contributed by atoms with Crippen molar-refractivity contribution in [3.05, 3.63) is 59.7 Å². The number of carbonyl (C=O) groups excluding carboxylic acids is 2. The summed E-state index contributed by atoms with van der Waals surface area (Å²) in [5.41, 5.74) is 2.02. The molecular weight excluding hydrogens is 332 g/mol. The third-order valence-electron chi connectivity index (χ3n) is 3.63. The van der Waals surface area contributed by atoms with Gasteiger partial charge in [-0.2, -0.15) is 0 Å². The molecule has 1 N–H and O–H groups in total. The van der Waals surface area contributed by atoms with Gasteiger partial charge in [-0.3, -0.25) is 10.1 Å². The summed E-state index contributed by atoms with van der Waals surface area (Å²) in [6.07, 6.45) is -0.542. The predicted octanol–water partition coefficient (Wildman–Crippen LogP) is 3.93. The van der Waals surface area contributed by atoms with E-state index in [2.05, 4.69) is 5.32 Å². The molecule has 2 aromatic carbocycles. The van der Waals surface area contributed by atoms with E-state index in [-0.39, 0.29) is 12.5 Å². The first-order chi connectivity index (χ1) is 12.5. The largest absolute Gasteiger partial charge is 0.494 e. The van der Waals surface area contributed by atoms with Crippen LogP contribution in [0.3, 0.4) is 0 Å². The summed E-state index contributed by atoms with van der Waals surface area (Å²) in [6.45, 7) is 5.05. The molecule has 0 bridgehead atoms. The lowest BCUT2D eigenvalue weighted by Gasteiger charge is -2.18. The summed E-state index contributed by atoms with van der Waals surface area (Å²) >= 11 is 0. The molecule has 0 unspecified atom stereocenters. The van der Waals surface area contributed by atoms with Crippen molar-refractivity contribution in [1.82, 2.24) is 4.90 Å². The maximum atomic E-state index is 12.6. The molecule has 0 fully saturated rings. The molecule has 0 saturated heterocycles. The Bertz CT molecular complexity index is 744. The average molecular weight is 356 g/mol. The van der Waals surface area contributed by atoms with Gasteiger partial charge in [0.2, 0.25) is 0 Å². The van der Waals surface area contributed by atoms with Gasteiger partial charge in [0, 0.05) is 24.8 Å². The third-order valence-corrected chi connectivity index (χ3v) is 3.63. The average Bonchev–Trinajstić information content (AvgIpc) is 2.63. The lowest BCUT2D eigenvalue weighted by molar-refractivity contribution is 0.0785. The van der Waals surface area contributed by atoms with E-state index in [1.54, 1.807) is 43.1 Å². The lowest BCUT2D eigenvalue weighted by Crippen LogP contribution is -2.26. The number of nitrogens with one attached hydrogen (secondary N) is 1. The fourth-order valence-corrected chi connectivity index (χ4v) is 2.44. The van der Waals surface area contributed by atoms with Crippen molar-refractivity contribution < 1.29 is 19.1 Å². The second-order valence-corrected chi connectivity index (χ2v) is 5.66. The topological polar surface area (TPSA) is 67.9 Å². The molecular formula is C20H24N2O4. The molecule has 6 heteroatoms. The van der Waals surface area contributed by atoms with E-state index >= 15 is 0 Å². The first kappa shape index (κ1) is 19.3. The molecule has 26 heavy (non-hydrogen) atoms. The van der Waals surface area contributed by atoms with Crippen LogP contribution in [-0.4, -0.2) is 37.2 Å². The second-order valence-electron chi connectivity index (χ2n) is 5.66. The van der Waals surface area contributed by atoms with E-state index in [0.717, 1.165) is 11.3 Å². The van der Waals surface area contributed by atoms with Crippen LogP contribution in [0.5, 0.6) is 5.75 Å². The number of amides is 2. The standard InChI is InChI=1S/C20H24N2O4/c1-4-25-18-11-9-15(10-12-18)14-22(3)19(23)16-7-6-8-17(13-16)21-20(24)26-5-2/h6-13H,4-5,14H2,1-3H3,(H,21,24). The Morgan fingerprint density at radius 2 is 1.77 bits per heavy atom. The molecule has 2 aromatic rings. The Morgan fingerprint density at radius 3 is 2.42 bits per heavy atom. The number of rotatable bonds is 7. The summed E-state index contributed by atoms with van der Waals surface area (Å²) < 4.78 is 10.3. The van der Waals surface area contributed by atoms with E-state index in [9.17, 15) is 9.59 Å². The van der Waals surface area contributed by atoms with Crippen molar-refractivity contribution in [3.8, 4) is 5.75 Å². The Balaban J connectivity index is 2.02. The van der Waals surface area contributed by atoms with Gasteiger partial charge in [-0.25, -0.2) is 4.79 Å². The molecule has 2 amide bonds. The van der Waals surface area contributed by atoms with Gasteiger partial charge in [-0.15, -0.1) is 0 Å². The monoisotopic (exact) mass is 356 g/mol. The van der Waals surface area contributed by atoms with Crippen LogP contribution in [0.2, 0.25) is 0 Å². The van der Waals surface area contributed by atoms with E-state index < -0.39 is 6.09 Å². The van der Waals surface area contributed by atoms with Gasteiger partial charge in [0.05, 0.1) is 13.2 Å². The van der Waals surface area contributed by atoms with Crippen molar-refractivity contribution in [2.24, 2.45) is 0 Å². The number of ether oxygens (including phenoxy) is 2. The molecule has 0 atom stereocenters. The van der Waals surface area contributed by atoms with Crippen LogP contribution in [0.15, 0.2) is 48.5 Å². The van der Waals surface area contributed by atoms with Crippen LogP contribution in [0, 0.1) is 0 Å². The van der Waals surface area contributed by atoms with Crippen LogP contribution in [0.4, 0.5) is 10.5 Å². The zero-order chi connectivity index (χ0) is 18.9. The minimum absolute atomic E-state index is 0.133. The number of hydrogen-bond donors (Lipinski definition) is 1. The highest BCUT2D eigenvalue weighted by atomic mass is 16.5. The molecule has 0 aliphatic heterocycles. The summed E-state index contributed by atoms with van der Waals surface area (Å²) in [7, 11) is 1.74. The number of hydrogen-bond acceptors (Lipinski definition) is 4. The summed E-state index contributed by atoms with van der Waals surface area (Å²) in [6, 6.07) is 14.4. The van der Waals surface area contributed by atoms with Crippen molar-refractivity contribution in [2.75, 3.05) is 25.6 Å². The molecule has 138 valence electrons. The van der Waals surface area contributed by atoms with Crippen LogP contribution >= 0.6 is 0 Å². The summed E-state index contributed by atoms with van der Waals surface area (Å²) in [4.78, 5) is 25.8. The smallest absolute Gasteiger partial charge is 0.411 e. The molecule has 0 heterocycles. The molecule has 0 aromatic heterocycles. The molecule has 0 saturated carbocycles. The van der Waals surface area contributed by atoms with Gasteiger partial charge in [0.25, 0.3) is 5.91 Å². The van der Waals surface area contributed by atoms with Gasteiger partial charge >= 0.3 is 6.09 Å². The van der Waals surface area contributed by atoms with Gasteiger partial charge in [-0.1, -0.05) is 18.2 Å². The van der Waals surface area contributed by atoms with E-state index in [1.807, 2.05) is 31.2 Å². The van der Waals surface area contributed by atoms with E-state index in [1.165, 1.54) is 0 Å². The Labute approximate surface area is 153 Å². The molecule has 0 radical (unpaired) electrons. The Morgan fingerprint density at radius 1 is 1.04 bits per heavy atom. The highest BCUT2D eigenvalue weighted by molar-refractivity contribution is 5.96. The quantitative estimate of drug-likeness (QED) is 0.816. The van der Waals surface area contributed by atoms with Crippen molar-refractivity contribution in [2.45, 2.75) is 20.4 Å². The predicted molar refractivity (Wildman–Crippen MR) is 100 cm³/mol. The highest BCUT2D eigenvalue weighted by Crippen LogP contribution is 2.16. The SMILES string of the molecule is CCOC(=O)Nc1cccc(C(=O)N(C)Cc2ccc(OCC)cc2)c1. The number of carbonyl (C=O) groups is 2. The van der Waals surface area contributed by atoms with Crippen LogP contribution in [0.1, 0.15) is 29.8 Å². The molecule has 6 nitrogen and oxygen atoms in total. The van der Waals surface area contributed by atoms with E-state index in [4.69, 9.17) is 9.47 Å². The first-order valence-corrected chi connectivity index (χ1v) is 8.54. The van der Waals surface area contributed by atoms with Crippen LogP contribution in [0.25, 0.3) is 0 Å². The maximum Gasteiger partial charge on any atom is 0.411 e. The number of nitrogens with zero attached hydrogens (tertiary/aromatic N) is 1. The summed E-state index contributed by atoms with van der Waals surface area (Å²) in [5, 5.41) is 2.60. The van der Waals surface area contributed by atoms with Crippen LogP contribution < -0.4 is 10.1 Å². The van der Waals surface area contributed by atoms with Gasteiger partial charge in [0.15, 0.2) is 0 Å². The van der Waals surface area contributed by atoms with Gasteiger partial charge < -0.3 is 14.4 Å². The first-order valence-electron chi connectivity index (χ1n) is 8.54. The highest BCUT2D eigenvalue weighted by Gasteiger charge is 2.13. The molecule has 2 rings (SSSR count). The molecule has 0 aliphatic rings. The number of benzene rings is 2. The second kappa shape index (κ2) is 9.46. The zero-order valence-corrected chi connectivity index (χ0v) is 15.3. The lowest BCUT2D eigenvalue weighted by atomic mass is 10.1. The number of anilines is 1. The zero-order valence-electron chi connectivity index (χ0n) is 15.3. The van der Waals surface area contributed by atoms with E-state index in [0.29, 0.717) is 24.4 Å². The van der Waals surface area contributed by atoms with Crippen molar-refractivity contribution >= 4 is 17.7 Å².